The zero-order chi connectivity index (χ0) is 17.2. The first-order valence-electron chi connectivity index (χ1n) is 9.07. The second-order valence-electron chi connectivity index (χ2n) is 6.99. The highest BCUT2D eigenvalue weighted by Crippen LogP contribution is 2.39. The van der Waals surface area contributed by atoms with Gasteiger partial charge in [-0.1, -0.05) is 0 Å². The molecule has 132 valence electrons. The van der Waals surface area contributed by atoms with Gasteiger partial charge in [0.1, 0.15) is 5.82 Å². The van der Waals surface area contributed by atoms with Gasteiger partial charge in [0.05, 0.1) is 0 Å². The number of piperidine rings is 1. The van der Waals surface area contributed by atoms with Crippen molar-refractivity contribution in [3.8, 4) is 0 Å². The molecule has 4 rings (SSSR count). The van der Waals surface area contributed by atoms with Gasteiger partial charge in [0.25, 0.3) is 5.56 Å². The molecule has 0 spiro atoms. The molecule has 2 aromatic rings. The molecular weight excluding hydrogens is 316 g/mol. The second-order valence-corrected chi connectivity index (χ2v) is 6.99. The molecule has 0 radical (unpaired) electrons. The molecule has 1 aliphatic carbocycles. The fourth-order valence-corrected chi connectivity index (χ4v) is 3.42. The molecule has 0 amide bonds. The van der Waals surface area contributed by atoms with Gasteiger partial charge in [-0.05, 0) is 49.7 Å². The van der Waals surface area contributed by atoms with Crippen molar-refractivity contribution in [2.75, 3.05) is 23.3 Å². The third-order valence-electron chi connectivity index (χ3n) is 5.08. The van der Waals surface area contributed by atoms with Gasteiger partial charge in [-0.15, -0.1) is 0 Å². The molecule has 7 nitrogen and oxygen atoms in total. The van der Waals surface area contributed by atoms with Crippen LogP contribution in [0.5, 0.6) is 0 Å². The fourth-order valence-electron chi connectivity index (χ4n) is 3.42. The number of hydrogen-bond acceptors (Lipinski definition) is 6. The summed E-state index contributed by atoms with van der Waals surface area (Å²) in [6, 6.07) is 3.73. The minimum Gasteiger partial charge on any atom is -0.352 e. The number of nitrogens with zero attached hydrogens (tertiary/aromatic N) is 5. The summed E-state index contributed by atoms with van der Waals surface area (Å²) >= 11 is 0. The molecule has 1 saturated heterocycles. The summed E-state index contributed by atoms with van der Waals surface area (Å²) in [6.45, 7) is 1.73. The van der Waals surface area contributed by atoms with E-state index >= 15 is 0 Å². The van der Waals surface area contributed by atoms with E-state index in [2.05, 4.69) is 25.3 Å². The summed E-state index contributed by atoms with van der Waals surface area (Å²) in [5.41, 5.74) is 1.17. The molecule has 7 heteroatoms. The Hall–Kier alpha value is -2.44. The lowest BCUT2D eigenvalue weighted by Crippen LogP contribution is -2.45. The third kappa shape index (κ3) is 3.65. The molecule has 25 heavy (non-hydrogen) atoms. The van der Waals surface area contributed by atoms with Crippen LogP contribution in [0.3, 0.4) is 0 Å². The Balaban J connectivity index is 1.43. The van der Waals surface area contributed by atoms with Crippen molar-refractivity contribution in [2.24, 2.45) is 7.05 Å². The molecule has 0 aromatic carbocycles. The SMILES string of the molecule is Cn1nc(N2CCCCC2CNc2ncc(C3CC3)cn2)ccc1=O. The van der Waals surface area contributed by atoms with Crippen LogP contribution >= 0.6 is 0 Å². The quantitative estimate of drug-likeness (QED) is 0.896. The van der Waals surface area contributed by atoms with E-state index < -0.39 is 0 Å². The normalized spacial score (nSPS) is 20.5. The van der Waals surface area contributed by atoms with Crippen LogP contribution in [0, 0.1) is 0 Å². The fraction of sp³-hybridized carbons (Fsp3) is 0.556. The monoisotopic (exact) mass is 340 g/mol. The molecule has 1 unspecified atom stereocenters. The molecule has 1 saturated carbocycles. The van der Waals surface area contributed by atoms with Crippen molar-refractivity contribution >= 4 is 11.8 Å². The van der Waals surface area contributed by atoms with Crippen LogP contribution in [0.2, 0.25) is 0 Å². The second kappa shape index (κ2) is 6.82. The van der Waals surface area contributed by atoms with Gasteiger partial charge in [0.15, 0.2) is 0 Å². The molecule has 2 aliphatic rings. The summed E-state index contributed by atoms with van der Waals surface area (Å²) in [6.07, 6.45) is 9.86. The molecule has 1 aliphatic heterocycles. The zero-order valence-electron chi connectivity index (χ0n) is 14.6. The van der Waals surface area contributed by atoms with Crippen LogP contribution in [0.1, 0.15) is 43.6 Å². The smallest absolute Gasteiger partial charge is 0.266 e. The van der Waals surface area contributed by atoms with Gasteiger partial charge in [-0.3, -0.25) is 4.79 Å². The van der Waals surface area contributed by atoms with Gasteiger partial charge in [-0.2, -0.15) is 5.10 Å². The van der Waals surface area contributed by atoms with Gasteiger partial charge in [0, 0.05) is 44.6 Å². The first-order chi connectivity index (χ1) is 12.2. The van der Waals surface area contributed by atoms with Crippen LogP contribution < -0.4 is 15.8 Å². The standard InChI is InChI=1S/C18H24N6O/c1-23-17(25)8-7-16(22-23)24-9-3-2-4-15(24)12-21-18-19-10-14(11-20-18)13-5-6-13/h7-8,10-11,13,15H,2-6,9,12H2,1H3,(H,19,20,21). The third-order valence-corrected chi connectivity index (χ3v) is 5.08. The lowest BCUT2D eigenvalue weighted by atomic mass is 10.0. The first-order valence-corrected chi connectivity index (χ1v) is 9.07. The van der Waals surface area contributed by atoms with Crippen molar-refractivity contribution in [2.45, 2.75) is 44.1 Å². The van der Waals surface area contributed by atoms with E-state index in [4.69, 9.17) is 0 Å². The van der Waals surface area contributed by atoms with Gasteiger partial charge in [-0.25, -0.2) is 14.6 Å². The van der Waals surface area contributed by atoms with Gasteiger partial charge in [0.2, 0.25) is 5.95 Å². The Kier molecular flexibility index (Phi) is 4.38. The predicted octanol–water partition coefficient (Wildman–Crippen LogP) is 1.92. The molecule has 3 heterocycles. The van der Waals surface area contributed by atoms with Crippen LogP contribution in [0.4, 0.5) is 11.8 Å². The Morgan fingerprint density at radius 3 is 2.68 bits per heavy atom. The summed E-state index contributed by atoms with van der Waals surface area (Å²) in [4.78, 5) is 22.8. The molecular formula is C18H24N6O. The van der Waals surface area contributed by atoms with E-state index in [0.717, 1.165) is 31.7 Å². The number of aryl methyl sites for hydroxylation is 1. The Morgan fingerprint density at radius 2 is 1.96 bits per heavy atom. The highest BCUT2D eigenvalue weighted by Gasteiger charge is 2.25. The maximum atomic E-state index is 11.6. The number of hydrogen-bond donors (Lipinski definition) is 1. The van der Waals surface area contributed by atoms with Crippen molar-refractivity contribution in [1.82, 2.24) is 19.7 Å². The lowest BCUT2D eigenvalue weighted by Gasteiger charge is -2.36. The van der Waals surface area contributed by atoms with E-state index in [1.54, 1.807) is 13.1 Å². The number of nitrogens with one attached hydrogen (secondary N) is 1. The average Bonchev–Trinajstić information content (AvgIpc) is 3.48. The maximum Gasteiger partial charge on any atom is 0.266 e. The van der Waals surface area contributed by atoms with E-state index in [1.807, 2.05) is 18.5 Å². The van der Waals surface area contributed by atoms with E-state index in [1.165, 1.54) is 29.5 Å². The van der Waals surface area contributed by atoms with Gasteiger partial charge < -0.3 is 10.2 Å². The van der Waals surface area contributed by atoms with Crippen molar-refractivity contribution in [3.05, 3.63) is 40.4 Å². The highest BCUT2D eigenvalue weighted by molar-refractivity contribution is 5.40. The summed E-state index contributed by atoms with van der Waals surface area (Å²) in [5, 5.41) is 7.78. The molecule has 1 N–H and O–H groups in total. The van der Waals surface area contributed by atoms with Crippen LogP contribution in [0.15, 0.2) is 29.3 Å². The number of aromatic nitrogens is 4. The highest BCUT2D eigenvalue weighted by atomic mass is 16.1. The molecule has 2 fully saturated rings. The van der Waals surface area contributed by atoms with Crippen LogP contribution in [0.25, 0.3) is 0 Å². The van der Waals surface area contributed by atoms with Crippen LogP contribution in [-0.4, -0.2) is 38.9 Å². The molecule has 0 bridgehead atoms. The Bertz CT molecular complexity index is 783. The lowest BCUT2D eigenvalue weighted by molar-refractivity contribution is 0.464. The minimum absolute atomic E-state index is 0.0837. The average molecular weight is 340 g/mol. The summed E-state index contributed by atoms with van der Waals surface area (Å²) in [7, 11) is 1.69. The van der Waals surface area contributed by atoms with E-state index in [9.17, 15) is 4.79 Å². The summed E-state index contributed by atoms with van der Waals surface area (Å²) in [5.74, 6) is 2.22. The van der Waals surface area contributed by atoms with E-state index in [0.29, 0.717) is 17.9 Å². The molecule has 2 aromatic heterocycles. The van der Waals surface area contributed by atoms with Crippen molar-refractivity contribution < 1.29 is 0 Å². The summed E-state index contributed by atoms with van der Waals surface area (Å²) < 4.78 is 1.40. The topological polar surface area (TPSA) is 75.9 Å². The Morgan fingerprint density at radius 1 is 1.16 bits per heavy atom. The maximum absolute atomic E-state index is 11.6. The molecule has 1 atom stereocenters. The minimum atomic E-state index is -0.0837. The first kappa shape index (κ1) is 16.1. The van der Waals surface area contributed by atoms with Crippen LogP contribution in [-0.2, 0) is 7.05 Å². The van der Waals surface area contributed by atoms with Crippen molar-refractivity contribution in [1.29, 1.82) is 0 Å². The van der Waals surface area contributed by atoms with Crippen molar-refractivity contribution in [3.63, 3.8) is 0 Å². The van der Waals surface area contributed by atoms with Gasteiger partial charge >= 0.3 is 0 Å². The van der Waals surface area contributed by atoms with E-state index in [-0.39, 0.29) is 5.56 Å². The largest absolute Gasteiger partial charge is 0.352 e. The zero-order valence-corrected chi connectivity index (χ0v) is 14.6. The predicted molar refractivity (Wildman–Crippen MR) is 97.0 cm³/mol. The Labute approximate surface area is 147 Å². The number of anilines is 2. The number of rotatable bonds is 5.